The third-order valence-corrected chi connectivity index (χ3v) is 2.29. The van der Waals surface area contributed by atoms with E-state index in [1.165, 1.54) is 12.1 Å². The van der Waals surface area contributed by atoms with Crippen LogP contribution in [0.5, 0.6) is 5.75 Å². The molecule has 0 aliphatic heterocycles. The Morgan fingerprint density at radius 2 is 1.68 bits per heavy atom. The van der Waals surface area contributed by atoms with Crippen molar-refractivity contribution in [2.75, 3.05) is 14.2 Å². The number of esters is 2. The fraction of sp³-hybridized carbons (Fsp3) is 0.308. The lowest BCUT2D eigenvalue weighted by Crippen LogP contribution is -2.20. The topological polar surface area (TPSA) is 74.2 Å². The van der Waals surface area contributed by atoms with Crippen LogP contribution in [0.4, 0.5) is 18.9 Å². The van der Waals surface area contributed by atoms with Crippen LogP contribution in [0.1, 0.15) is 6.42 Å². The highest BCUT2D eigenvalue weighted by Gasteiger charge is 2.31. The number of halogens is 3. The predicted molar refractivity (Wildman–Crippen MR) is 68.9 cm³/mol. The fourth-order valence-electron chi connectivity index (χ4n) is 1.36. The van der Waals surface area contributed by atoms with Crippen molar-refractivity contribution in [1.29, 1.82) is 0 Å². The van der Waals surface area contributed by atoms with Crippen LogP contribution in [0.3, 0.4) is 0 Å². The highest BCUT2D eigenvalue weighted by molar-refractivity contribution is 6.39. The van der Waals surface area contributed by atoms with Crippen LogP contribution in [0.25, 0.3) is 0 Å². The lowest BCUT2D eigenvalue weighted by Gasteiger charge is -2.08. The van der Waals surface area contributed by atoms with Crippen molar-refractivity contribution in [1.82, 2.24) is 0 Å². The molecule has 9 heteroatoms. The molecule has 1 rings (SSSR count). The van der Waals surface area contributed by atoms with Crippen molar-refractivity contribution in [3.8, 4) is 5.75 Å². The molecule has 0 bridgehead atoms. The first-order valence-corrected chi connectivity index (χ1v) is 5.83. The molecule has 0 aromatic heterocycles. The van der Waals surface area contributed by atoms with Gasteiger partial charge in [-0.05, 0) is 24.3 Å². The molecule has 0 amide bonds. The number of carbonyl (C=O) groups excluding carboxylic acids is 2. The van der Waals surface area contributed by atoms with Gasteiger partial charge in [0.1, 0.15) is 11.5 Å². The molecular weight excluding hydrogens is 307 g/mol. The van der Waals surface area contributed by atoms with Crippen molar-refractivity contribution >= 4 is 23.3 Å². The second-order valence-electron chi connectivity index (χ2n) is 3.84. The smallest absolute Gasteiger partial charge is 0.469 e. The van der Waals surface area contributed by atoms with E-state index in [0.29, 0.717) is 0 Å². The molecule has 1 aromatic carbocycles. The minimum absolute atomic E-state index is 0.152. The van der Waals surface area contributed by atoms with Crippen LogP contribution in [0.2, 0.25) is 0 Å². The van der Waals surface area contributed by atoms with Crippen molar-refractivity contribution in [3.63, 3.8) is 0 Å². The number of carbonyl (C=O) groups is 2. The Kier molecular flexibility index (Phi) is 5.90. The van der Waals surface area contributed by atoms with Gasteiger partial charge in [-0.25, -0.2) is 9.79 Å². The van der Waals surface area contributed by atoms with E-state index in [1.807, 2.05) is 0 Å². The third kappa shape index (κ3) is 5.81. The minimum atomic E-state index is -4.80. The summed E-state index contributed by atoms with van der Waals surface area (Å²) in [6, 6.07) is 4.45. The van der Waals surface area contributed by atoms with E-state index in [-0.39, 0.29) is 11.4 Å². The normalized spacial score (nSPS) is 11.8. The van der Waals surface area contributed by atoms with E-state index in [9.17, 15) is 22.8 Å². The number of alkyl halides is 3. The number of rotatable bonds is 5. The summed E-state index contributed by atoms with van der Waals surface area (Å²) in [6.45, 7) is 0. The monoisotopic (exact) mass is 319 g/mol. The first kappa shape index (κ1) is 17.5. The molecule has 0 atom stereocenters. The molecule has 0 heterocycles. The summed E-state index contributed by atoms with van der Waals surface area (Å²) in [7, 11) is 2.25. The van der Waals surface area contributed by atoms with Crippen molar-refractivity contribution in [2.24, 2.45) is 4.99 Å². The van der Waals surface area contributed by atoms with Crippen LogP contribution in [-0.2, 0) is 19.1 Å². The second-order valence-corrected chi connectivity index (χ2v) is 3.84. The lowest BCUT2D eigenvalue weighted by molar-refractivity contribution is -0.274. The van der Waals surface area contributed by atoms with Crippen LogP contribution < -0.4 is 4.74 Å². The quantitative estimate of drug-likeness (QED) is 0.615. The van der Waals surface area contributed by atoms with E-state index < -0.39 is 30.5 Å². The second kappa shape index (κ2) is 7.43. The van der Waals surface area contributed by atoms with E-state index in [1.54, 1.807) is 0 Å². The predicted octanol–water partition coefficient (Wildman–Crippen LogP) is 2.39. The van der Waals surface area contributed by atoms with Gasteiger partial charge in [-0.1, -0.05) is 0 Å². The van der Waals surface area contributed by atoms with Gasteiger partial charge in [0.2, 0.25) is 0 Å². The van der Waals surface area contributed by atoms with Crippen LogP contribution >= 0.6 is 0 Å². The first-order valence-electron chi connectivity index (χ1n) is 5.83. The summed E-state index contributed by atoms with van der Waals surface area (Å²) >= 11 is 0. The molecule has 1 aromatic rings. The Morgan fingerprint density at radius 1 is 1.09 bits per heavy atom. The van der Waals surface area contributed by atoms with Gasteiger partial charge >= 0.3 is 18.3 Å². The summed E-state index contributed by atoms with van der Waals surface area (Å²) in [5.41, 5.74) is -0.0855. The highest BCUT2D eigenvalue weighted by atomic mass is 19.4. The molecule has 0 aliphatic rings. The summed E-state index contributed by atoms with van der Waals surface area (Å²) in [5, 5.41) is 0. The SMILES string of the molecule is COC(=O)CC(=Nc1ccc(OC(F)(F)F)cc1)C(=O)OC. The van der Waals surface area contributed by atoms with E-state index in [4.69, 9.17) is 0 Å². The summed E-state index contributed by atoms with van der Waals surface area (Å²) in [6.07, 6.45) is -5.23. The molecule has 0 spiro atoms. The lowest BCUT2D eigenvalue weighted by atomic mass is 10.2. The Bertz CT molecular complexity index is 566. The Morgan fingerprint density at radius 3 is 2.14 bits per heavy atom. The highest BCUT2D eigenvalue weighted by Crippen LogP contribution is 2.25. The zero-order valence-corrected chi connectivity index (χ0v) is 11.6. The number of methoxy groups -OCH3 is 2. The van der Waals surface area contributed by atoms with Gasteiger partial charge in [0.05, 0.1) is 26.3 Å². The van der Waals surface area contributed by atoms with Crippen molar-refractivity contribution in [3.05, 3.63) is 24.3 Å². The van der Waals surface area contributed by atoms with Crippen molar-refractivity contribution in [2.45, 2.75) is 12.8 Å². The Hall–Kier alpha value is -2.58. The van der Waals surface area contributed by atoms with Crippen molar-refractivity contribution < 1.29 is 37.0 Å². The van der Waals surface area contributed by atoms with Gasteiger partial charge in [0.25, 0.3) is 0 Å². The average Bonchev–Trinajstić information content (AvgIpc) is 2.46. The zero-order chi connectivity index (χ0) is 16.8. The summed E-state index contributed by atoms with van der Waals surface area (Å²) in [5.74, 6) is -1.98. The van der Waals surface area contributed by atoms with Gasteiger partial charge in [0, 0.05) is 0 Å². The number of hydrogen-bond donors (Lipinski definition) is 0. The third-order valence-electron chi connectivity index (χ3n) is 2.29. The van der Waals surface area contributed by atoms with Gasteiger partial charge < -0.3 is 14.2 Å². The molecule has 22 heavy (non-hydrogen) atoms. The first-order chi connectivity index (χ1) is 10.2. The minimum Gasteiger partial charge on any atom is -0.469 e. The van der Waals surface area contributed by atoms with Gasteiger partial charge in [-0.15, -0.1) is 13.2 Å². The van der Waals surface area contributed by atoms with E-state index in [2.05, 4.69) is 19.2 Å². The van der Waals surface area contributed by atoms with Gasteiger partial charge in [-0.3, -0.25) is 4.79 Å². The molecule has 120 valence electrons. The molecular formula is C13H12F3NO5. The maximum absolute atomic E-state index is 12.0. The average molecular weight is 319 g/mol. The molecule has 0 fully saturated rings. The van der Waals surface area contributed by atoms with E-state index in [0.717, 1.165) is 26.4 Å². The zero-order valence-electron chi connectivity index (χ0n) is 11.6. The molecule has 0 unspecified atom stereocenters. The molecule has 0 saturated carbocycles. The molecule has 6 nitrogen and oxygen atoms in total. The van der Waals surface area contributed by atoms with Crippen LogP contribution in [-0.4, -0.2) is 38.2 Å². The summed E-state index contributed by atoms with van der Waals surface area (Å²) < 4.78 is 48.7. The number of benzene rings is 1. The Labute approximate surface area is 123 Å². The molecule has 0 radical (unpaired) electrons. The van der Waals surface area contributed by atoms with Crippen LogP contribution in [0, 0.1) is 0 Å². The molecule has 0 saturated heterocycles. The number of ether oxygens (including phenoxy) is 3. The number of aliphatic imine (C=N–C) groups is 1. The van der Waals surface area contributed by atoms with Gasteiger partial charge in [0.15, 0.2) is 0 Å². The van der Waals surface area contributed by atoms with E-state index >= 15 is 0 Å². The standard InChI is InChI=1S/C13H12F3NO5/c1-20-11(18)7-10(12(19)21-2)17-8-3-5-9(6-4-8)22-13(14,15)16/h3-6H,7H2,1-2H3. The molecule has 0 N–H and O–H groups in total. The number of nitrogens with zero attached hydrogens (tertiary/aromatic N) is 1. The summed E-state index contributed by atoms with van der Waals surface area (Å²) in [4.78, 5) is 26.5. The van der Waals surface area contributed by atoms with Gasteiger partial charge in [-0.2, -0.15) is 0 Å². The number of hydrogen-bond acceptors (Lipinski definition) is 6. The largest absolute Gasteiger partial charge is 0.573 e. The van der Waals surface area contributed by atoms with Crippen LogP contribution in [0.15, 0.2) is 29.3 Å². The fourth-order valence-corrected chi connectivity index (χ4v) is 1.36. The Balaban J connectivity index is 2.95. The maximum Gasteiger partial charge on any atom is 0.573 e. The maximum atomic E-state index is 12.0. The molecule has 0 aliphatic carbocycles.